The minimum atomic E-state index is -0.0122. The van der Waals surface area contributed by atoms with Crippen molar-refractivity contribution in [3.63, 3.8) is 0 Å². The topological polar surface area (TPSA) is 20.3 Å². The fraction of sp³-hybridized carbons (Fsp3) is 0.133. The lowest BCUT2D eigenvalue weighted by Gasteiger charge is -2.21. The van der Waals surface area contributed by atoms with E-state index in [0.29, 0.717) is 12.1 Å². The van der Waals surface area contributed by atoms with Gasteiger partial charge in [-0.3, -0.25) is 4.79 Å². The molecule has 0 fully saturated rings. The van der Waals surface area contributed by atoms with Crippen LogP contribution in [0.25, 0.3) is 0 Å². The van der Waals surface area contributed by atoms with Crippen LogP contribution in [0.5, 0.6) is 0 Å². The van der Waals surface area contributed by atoms with Gasteiger partial charge in [0, 0.05) is 21.2 Å². The number of nitrogens with zero attached hydrogens (tertiary/aromatic N) is 1. The average Bonchev–Trinajstić information content (AvgIpc) is 2.43. The fourth-order valence-electron chi connectivity index (χ4n) is 1.86. The Kier molecular flexibility index (Phi) is 4.77. The van der Waals surface area contributed by atoms with Gasteiger partial charge in [0.2, 0.25) is 0 Å². The van der Waals surface area contributed by atoms with Gasteiger partial charge in [-0.15, -0.1) is 0 Å². The van der Waals surface area contributed by atoms with Gasteiger partial charge >= 0.3 is 0 Å². The first-order valence-electron chi connectivity index (χ1n) is 5.95. The zero-order chi connectivity index (χ0) is 13.8. The van der Waals surface area contributed by atoms with Crippen LogP contribution in [0.2, 0.25) is 0 Å². The lowest BCUT2D eigenvalue weighted by atomic mass is 10.2. The molecular formula is C15H13Br2NO. The number of carbonyl (C=O) groups excluding carboxylic acids is 1. The molecular weight excluding hydrogens is 370 g/mol. The molecule has 0 heterocycles. The third-order valence-corrected chi connectivity index (χ3v) is 3.97. The molecule has 0 atom stereocenters. The van der Waals surface area contributed by atoms with Gasteiger partial charge in [-0.05, 0) is 53.2 Å². The average molecular weight is 383 g/mol. The molecule has 2 nitrogen and oxygen atoms in total. The highest BCUT2D eigenvalue weighted by Crippen LogP contribution is 2.25. The van der Waals surface area contributed by atoms with E-state index in [9.17, 15) is 4.79 Å². The maximum atomic E-state index is 12.6. The summed E-state index contributed by atoms with van der Waals surface area (Å²) < 4.78 is 1.69. The van der Waals surface area contributed by atoms with E-state index in [1.165, 1.54) is 0 Å². The van der Waals surface area contributed by atoms with E-state index in [1.807, 2.05) is 55.5 Å². The minimum Gasteiger partial charge on any atom is -0.309 e. The smallest absolute Gasteiger partial charge is 0.259 e. The van der Waals surface area contributed by atoms with Crippen molar-refractivity contribution >= 4 is 43.5 Å². The van der Waals surface area contributed by atoms with Crippen molar-refractivity contribution in [2.24, 2.45) is 0 Å². The number of amides is 1. The molecule has 0 bridgehead atoms. The van der Waals surface area contributed by atoms with E-state index in [2.05, 4.69) is 31.9 Å². The van der Waals surface area contributed by atoms with Crippen LogP contribution in [0, 0.1) is 0 Å². The summed E-state index contributed by atoms with van der Waals surface area (Å²) in [7, 11) is 0. The summed E-state index contributed by atoms with van der Waals surface area (Å²) in [6.45, 7) is 2.60. The summed E-state index contributed by atoms with van der Waals surface area (Å²) in [5.41, 5.74) is 1.56. The highest BCUT2D eigenvalue weighted by atomic mass is 79.9. The van der Waals surface area contributed by atoms with Crippen LogP contribution in [0.4, 0.5) is 5.69 Å². The summed E-state index contributed by atoms with van der Waals surface area (Å²) in [6, 6.07) is 15.3. The predicted octanol–water partition coefficient (Wildman–Crippen LogP) is 4.88. The first-order valence-corrected chi connectivity index (χ1v) is 7.54. The Balaban J connectivity index is 2.39. The number of hydrogen-bond donors (Lipinski definition) is 0. The first-order chi connectivity index (χ1) is 9.13. The van der Waals surface area contributed by atoms with Crippen molar-refractivity contribution in [3.05, 3.63) is 63.0 Å². The maximum absolute atomic E-state index is 12.6. The van der Waals surface area contributed by atoms with E-state index >= 15 is 0 Å². The Bertz CT molecular complexity index is 584. The maximum Gasteiger partial charge on any atom is 0.259 e. The van der Waals surface area contributed by atoms with Crippen molar-refractivity contribution < 1.29 is 4.79 Å². The third-order valence-electron chi connectivity index (χ3n) is 2.79. The number of rotatable bonds is 3. The molecule has 1 amide bonds. The van der Waals surface area contributed by atoms with E-state index < -0.39 is 0 Å². The zero-order valence-corrected chi connectivity index (χ0v) is 13.6. The number of anilines is 1. The van der Waals surface area contributed by atoms with Gasteiger partial charge in [-0.2, -0.15) is 0 Å². The van der Waals surface area contributed by atoms with Gasteiger partial charge < -0.3 is 4.90 Å². The molecule has 19 heavy (non-hydrogen) atoms. The summed E-state index contributed by atoms with van der Waals surface area (Å²) in [5.74, 6) is -0.0122. The van der Waals surface area contributed by atoms with Crippen LogP contribution >= 0.6 is 31.9 Å². The highest BCUT2D eigenvalue weighted by Gasteiger charge is 2.18. The number of para-hydroxylation sites is 1. The van der Waals surface area contributed by atoms with Crippen molar-refractivity contribution in [1.29, 1.82) is 0 Å². The third kappa shape index (κ3) is 3.25. The van der Waals surface area contributed by atoms with Crippen molar-refractivity contribution in [3.8, 4) is 0 Å². The molecule has 0 spiro atoms. The monoisotopic (exact) mass is 381 g/mol. The standard InChI is InChI=1S/C15H13Br2NO/c1-2-18(12-6-4-3-5-7-12)15(19)13-10-11(16)8-9-14(13)17/h3-10H,2H2,1H3. The highest BCUT2D eigenvalue weighted by molar-refractivity contribution is 9.11. The van der Waals surface area contributed by atoms with E-state index in [-0.39, 0.29) is 5.91 Å². The fourth-order valence-corrected chi connectivity index (χ4v) is 2.64. The minimum absolute atomic E-state index is 0.0122. The van der Waals surface area contributed by atoms with Crippen LogP contribution in [0.3, 0.4) is 0 Å². The molecule has 0 N–H and O–H groups in total. The van der Waals surface area contributed by atoms with Crippen LogP contribution in [-0.2, 0) is 0 Å². The van der Waals surface area contributed by atoms with Gasteiger partial charge in [0.25, 0.3) is 5.91 Å². The van der Waals surface area contributed by atoms with Crippen LogP contribution in [0.1, 0.15) is 17.3 Å². The van der Waals surface area contributed by atoms with Crippen molar-refractivity contribution in [2.45, 2.75) is 6.92 Å². The van der Waals surface area contributed by atoms with Gasteiger partial charge in [0.1, 0.15) is 0 Å². The molecule has 2 aromatic carbocycles. The molecule has 0 aliphatic carbocycles. The van der Waals surface area contributed by atoms with E-state index in [0.717, 1.165) is 14.6 Å². The van der Waals surface area contributed by atoms with Crippen LogP contribution in [-0.4, -0.2) is 12.5 Å². The Morgan fingerprint density at radius 1 is 1.11 bits per heavy atom. The Hall–Kier alpha value is -1.13. The second kappa shape index (κ2) is 6.35. The number of hydrogen-bond acceptors (Lipinski definition) is 1. The number of benzene rings is 2. The molecule has 0 saturated carbocycles. The lowest BCUT2D eigenvalue weighted by Crippen LogP contribution is -2.30. The normalized spacial score (nSPS) is 10.3. The Labute approximate surface area is 129 Å². The van der Waals surface area contributed by atoms with Crippen molar-refractivity contribution in [1.82, 2.24) is 0 Å². The quantitative estimate of drug-likeness (QED) is 0.740. The summed E-state index contributed by atoms with van der Waals surface area (Å²) in [5, 5.41) is 0. The zero-order valence-electron chi connectivity index (χ0n) is 10.4. The molecule has 98 valence electrons. The van der Waals surface area contributed by atoms with Gasteiger partial charge in [0.05, 0.1) is 5.56 Å². The lowest BCUT2D eigenvalue weighted by molar-refractivity contribution is 0.0987. The van der Waals surface area contributed by atoms with Gasteiger partial charge in [-0.25, -0.2) is 0 Å². The molecule has 0 aromatic heterocycles. The van der Waals surface area contributed by atoms with Crippen LogP contribution < -0.4 is 4.90 Å². The SMILES string of the molecule is CCN(C(=O)c1cc(Br)ccc1Br)c1ccccc1. The molecule has 0 aliphatic rings. The van der Waals surface area contributed by atoms with Crippen LogP contribution in [0.15, 0.2) is 57.5 Å². The number of halogens is 2. The molecule has 2 aromatic rings. The van der Waals surface area contributed by atoms with Crippen molar-refractivity contribution in [2.75, 3.05) is 11.4 Å². The predicted molar refractivity (Wildman–Crippen MR) is 85.6 cm³/mol. The molecule has 0 saturated heterocycles. The van der Waals surface area contributed by atoms with Gasteiger partial charge in [-0.1, -0.05) is 34.1 Å². The second-order valence-electron chi connectivity index (χ2n) is 4.01. The summed E-state index contributed by atoms with van der Waals surface area (Å²) >= 11 is 6.83. The van der Waals surface area contributed by atoms with Gasteiger partial charge in [0.15, 0.2) is 0 Å². The largest absolute Gasteiger partial charge is 0.309 e. The molecule has 4 heteroatoms. The Morgan fingerprint density at radius 3 is 2.42 bits per heavy atom. The number of carbonyl (C=O) groups is 1. The van der Waals surface area contributed by atoms with E-state index in [1.54, 1.807) is 4.90 Å². The molecule has 0 radical (unpaired) electrons. The Morgan fingerprint density at radius 2 is 1.79 bits per heavy atom. The molecule has 0 unspecified atom stereocenters. The molecule has 2 rings (SSSR count). The first kappa shape index (κ1) is 14.3. The second-order valence-corrected chi connectivity index (χ2v) is 5.78. The summed E-state index contributed by atoms with van der Waals surface area (Å²) in [6.07, 6.45) is 0. The van der Waals surface area contributed by atoms with E-state index in [4.69, 9.17) is 0 Å². The summed E-state index contributed by atoms with van der Waals surface area (Å²) in [4.78, 5) is 14.4. The molecule has 0 aliphatic heterocycles.